The number of rotatable bonds is 9. The zero-order chi connectivity index (χ0) is 74.4. The highest BCUT2D eigenvalue weighted by Crippen LogP contribution is 2.65. The van der Waals surface area contributed by atoms with Crippen molar-refractivity contribution >= 4 is 119 Å². The van der Waals surface area contributed by atoms with E-state index < -0.39 is 5.41 Å². The maximum atomic E-state index is 2.55. The van der Waals surface area contributed by atoms with Crippen LogP contribution in [0.3, 0.4) is 0 Å². The Bertz CT molecular complexity index is 8020. The van der Waals surface area contributed by atoms with Crippen LogP contribution in [-0.4, -0.2) is 18.3 Å². The van der Waals surface area contributed by atoms with E-state index in [2.05, 4.69) is 419 Å². The molecule has 0 bridgehead atoms. The van der Waals surface area contributed by atoms with E-state index in [0.717, 1.165) is 17.1 Å². The van der Waals surface area contributed by atoms with Gasteiger partial charge in [-0.3, -0.25) is 0 Å². The van der Waals surface area contributed by atoms with Crippen LogP contribution >= 0.6 is 11.3 Å². The first-order valence-corrected chi connectivity index (χ1v) is 40.3. The first-order chi connectivity index (χ1) is 56.6. The van der Waals surface area contributed by atoms with Crippen LogP contribution in [0.4, 0.5) is 0 Å². The third-order valence-electron chi connectivity index (χ3n) is 25.2. The van der Waals surface area contributed by atoms with Crippen molar-refractivity contribution in [2.45, 2.75) is 5.41 Å². The van der Waals surface area contributed by atoms with Crippen molar-refractivity contribution in [2.75, 3.05) is 0 Å². The Kier molecular flexibility index (Phi) is 13.4. The normalized spacial score (nSPS) is 13.6. The molecule has 5 heterocycles. The third kappa shape index (κ3) is 8.92. The maximum Gasteiger partial charge on any atom is 0.0726 e. The Labute approximate surface area is 661 Å². The smallest absolute Gasteiger partial charge is 0.0726 e. The van der Waals surface area contributed by atoms with Gasteiger partial charge in [-0.2, -0.15) is 0 Å². The van der Waals surface area contributed by atoms with Crippen molar-refractivity contribution in [3.63, 3.8) is 0 Å². The van der Waals surface area contributed by atoms with Crippen LogP contribution in [0.5, 0.6) is 0 Å². The molecule has 0 radical (unpaired) electrons. The van der Waals surface area contributed by atoms with Gasteiger partial charge in [-0.05, 0) is 222 Å². The van der Waals surface area contributed by atoms with Gasteiger partial charge in [-0.1, -0.05) is 273 Å². The molecule has 0 amide bonds. The van der Waals surface area contributed by atoms with Crippen LogP contribution in [-0.2, 0) is 5.41 Å². The second-order valence-electron chi connectivity index (χ2n) is 30.9. The highest BCUT2D eigenvalue weighted by atomic mass is 32.1. The van der Waals surface area contributed by atoms with Gasteiger partial charge in [-0.25, -0.2) is 0 Å². The fourth-order valence-corrected chi connectivity index (χ4v) is 21.6. The Morgan fingerprint density at radius 1 is 0.193 bits per heavy atom. The molecule has 5 aromatic heterocycles. The molecule has 0 aliphatic heterocycles. The molecule has 1 unspecified atom stereocenters. The molecule has 0 N–H and O–H groups in total. The summed E-state index contributed by atoms with van der Waals surface area (Å²) in [6.45, 7) is 0. The number of fused-ring (bicyclic) bond motifs is 25. The van der Waals surface area contributed by atoms with Gasteiger partial charge >= 0.3 is 0 Å². The molecule has 114 heavy (non-hydrogen) atoms. The molecule has 0 saturated carbocycles. The van der Waals surface area contributed by atoms with Crippen molar-refractivity contribution in [3.05, 3.63) is 423 Å². The Morgan fingerprint density at radius 3 is 1.12 bits per heavy atom. The third-order valence-corrected chi connectivity index (χ3v) is 26.4. The lowest BCUT2D eigenvalue weighted by atomic mass is 9.70. The van der Waals surface area contributed by atoms with E-state index >= 15 is 0 Å². The molecule has 4 nitrogen and oxygen atoms in total. The lowest BCUT2D eigenvalue weighted by molar-refractivity contribution is 0.793. The number of thiophene rings is 1. The molecule has 18 aromatic carbocycles. The van der Waals surface area contributed by atoms with Crippen LogP contribution in [0, 0.1) is 0 Å². The van der Waals surface area contributed by atoms with E-state index in [0.29, 0.717) is 0 Å². The number of benzene rings is 18. The van der Waals surface area contributed by atoms with Gasteiger partial charge in [-0.15, -0.1) is 11.3 Å². The van der Waals surface area contributed by atoms with Crippen LogP contribution < -0.4 is 0 Å². The summed E-state index contributed by atoms with van der Waals surface area (Å²) in [5, 5.41) is 12.5. The fraction of sp³-hybridized carbons (Fsp3) is 0.00917. The topological polar surface area (TPSA) is 19.7 Å². The molecular weight excluding hydrogens is 1400 g/mol. The fourth-order valence-electron chi connectivity index (χ4n) is 20.3. The first-order valence-electron chi connectivity index (χ1n) is 39.4. The van der Waals surface area contributed by atoms with Gasteiger partial charge in [0, 0.05) is 85.9 Å². The monoisotopic (exact) mass is 1460 g/mol. The molecule has 2 aliphatic carbocycles. The minimum Gasteiger partial charge on any atom is -0.309 e. The second kappa shape index (κ2) is 24.2. The summed E-state index contributed by atoms with van der Waals surface area (Å²) in [7, 11) is 0. The van der Waals surface area contributed by atoms with E-state index in [9.17, 15) is 0 Å². The van der Waals surface area contributed by atoms with Crippen LogP contribution in [0.2, 0.25) is 0 Å². The molecule has 528 valence electrons. The number of hydrogen-bond donors (Lipinski definition) is 0. The van der Waals surface area contributed by atoms with Crippen molar-refractivity contribution < 1.29 is 0 Å². The van der Waals surface area contributed by atoms with Gasteiger partial charge in [0.25, 0.3) is 0 Å². The van der Waals surface area contributed by atoms with Gasteiger partial charge in [0.15, 0.2) is 0 Å². The maximum absolute atomic E-state index is 2.55. The van der Waals surface area contributed by atoms with Crippen molar-refractivity contribution in [3.8, 4) is 101 Å². The minimum atomic E-state index is -0.568. The van der Waals surface area contributed by atoms with E-state index in [-0.39, 0.29) is 0 Å². The average Bonchev–Trinajstić information content (AvgIpc) is 1.50. The highest BCUT2D eigenvalue weighted by Gasteiger charge is 2.52. The molecule has 0 saturated heterocycles. The first kappa shape index (κ1) is 63.2. The van der Waals surface area contributed by atoms with Crippen LogP contribution in [0.1, 0.15) is 22.3 Å². The summed E-state index contributed by atoms with van der Waals surface area (Å²) < 4.78 is 12.4. The van der Waals surface area contributed by atoms with Gasteiger partial charge in [0.1, 0.15) is 0 Å². The molecule has 0 fully saturated rings. The quantitative estimate of drug-likeness (QED) is 0.137. The van der Waals surface area contributed by atoms with Gasteiger partial charge in [0.2, 0.25) is 0 Å². The Balaban J connectivity index is 0.573. The number of para-hydroxylation sites is 5. The average molecular weight is 1460 g/mol. The van der Waals surface area contributed by atoms with Gasteiger partial charge < -0.3 is 18.3 Å². The van der Waals surface area contributed by atoms with Crippen molar-refractivity contribution in [2.24, 2.45) is 0 Å². The van der Waals surface area contributed by atoms with E-state index in [1.807, 2.05) is 11.3 Å². The standard InChI is InChI=1S/C109H66N4S/c1-3-22-67(23-4-1)68-42-51-76(52-43-68)111-97-37-17-10-28-82(97)89-63-70(48-59-101(89)111)71-49-60-102-90(64-71)83-29-11-18-38-98(83)112(102)77-53-44-69(45-54-77)79-56-55-78(106-86-32-13-20-41-105(86)114-108(79)106)74-46-57-94-87(66-74)80-26-7-14-33-92(80)109(94)93-34-15-8-31-85(93)107-95(109)35-21-40-104(107)113-99-39-19-12-30-84(99)91-65-73(50-61-103(91)113)72-47-58-100-88(62-72)81-27-9-16-36-96(81)110(100)75-24-5-2-6-25-75/h1-66H. The van der Waals surface area contributed by atoms with Crippen LogP contribution in [0.15, 0.2) is 400 Å². The summed E-state index contributed by atoms with van der Waals surface area (Å²) in [6, 6.07) is 150. The number of aromatic nitrogens is 4. The van der Waals surface area contributed by atoms with E-state index in [1.165, 1.54) is 213 Å². The lowest BCUT2D eigenvalue weighted by Crippen LogP contribution is -2.25. The largest absolute Gasteiger partial charge is 0.309 e. The van der Waals surface area contributed by atoms with Crippen LogP contribution in [0.25, 0.3) is 208 Å². The number of nitrogens with zero attached hydrogens (tertiary/aromatic N) is 4. The summed E-state index contributed by atoms with van der Waals surface area (Å²) in [6.07, 6.45) is 0. The highest BCUT2D eigenvalue weighted by molar-refractivity contribution is 7.26. The molecule has 1 spiro atoms. The van der Waals surface area contributed by atoms with Crippen molar-refractivity contribution in [1.29, 1.82) is 0 Å². The Hall–Kier alpha value is -14.6. The minimum absolute atomic E-state index is 0.568. The summed E-state index contributed by atoms with van der Waals surface area (Å²) in [5.74, 6) is 0. The van der Waals surface area contributed by atoms with Gasteiger partial charge in [0.05, 0.1) is 55.2 Å². The van der Waals surface area contributed by atoms with E-state index in [1.54, 1.807) is 0 Å². The molecule has 5 heteroatoms. The molecule has 2 aliphatic rings. The summed E-state index contributed by atoms with van der Waals surface area (Å²) in [5.41, 5.74) is 36.1. The molecular formula is C109H66N4S. The summed E-state index contributed by atoms with van der Waals surface area (Å²) in [4.78, 5) is 0. The molecule has 23 aromatic rings. The molecule has 1 atom stereocenters. The van der Waals surface area contributed by atoms with E-state index in [4.69, 9.17) is 0 Å². The zero-order valence-electron chi connectivity index (χ0n) is 61.8. The second-order valence-corrected chi connectivity index (χ2v) is 31.9. The van der Waals surface area contributed by atoms with Crippen molar-refractivity contribution in [1.82, 2.24) is 18.3 Å². The number of hydrogen-bond acceptors (Lipinski definition) is 1. The SMILES string of the molecule is c1ccc(-c2ccc(-n3c4ccccc4c4cc(-c5ccc6c(c5)c5ccccc5n6-c5ccc(-c6ccc(-c7ccc8c(c7)-c7ccccc7C87c8ccccc8-c8c(-n9c%10ccccc%10c%10cc(-c%11ccc%12c(c%11)c%11ccccc%11n%12-c%11ccccc%11)ccc%109)cccc87)c7c6sc6ccccc67)cc5)ccc43)cc2)cc1. The Morgan fingerprint density at radius 2 is 0.570 bits per heavy atom. The predicted molar refractivity (Wildman–Crippen MR) is 480 cm³/mol. The molecule has 25 rings (SSSR count). The lowest BCUT2D eigenvalue weighted by Gasteiger charge is -2.30. The zero-order valence-corrected chi connectivity index (χ0v) is 62.6. The predicted octanol–water partition coefficient (Wildman–Crippen LogP) is 29.1. The summed E-state index contributed by atoms with van der Waals surface area (Å²) >= 11 is 1.90.